The maximum atomic E-state index is 6.09. The van der Waals surface area contributed by atoms with Crippen LogP contribution in [0.4, 0.5) is 0 Å². The molecule has 0 bridgehead atoms. The number of likely N-dealkylation sites (tertiary alicyclic amines) is 1. The lowest BCUT2D eigenvalue weighted by molar-refractivity contribution is 0.162. The second-order valence-electron chi connectivity index (χ2n) is 6.69. The number of fused-ring (bicyclic) bond motifs is 1. The van der Waals surface area contributed by atoms with Gasteiger partial charge in [-0.2, -0.15) is 0 Å². The summed E-state index contributed by atoms with van der Waals surface area (Å²) in [6.45, 7) is 7.02. The van der Waals surface area contributed by atoms with Gasteiger partial charge in [-0.15, -0.1) is 0 Å². The van der Waals surface area contributed by atoms with Crippen molar-refractivity contribution >= 4 is 0 Å². The molecule has 0 radical (unpaired) electrons. The lowest BCUT2D eigenvalue weighted by Crippen LogP contribution is -2.28. The minimum absolute atomic E-state index is 0.178. The summed E-state index contributed by atoms with van der Waals surface area (Å²) in [5.41, 5.74) is 1.99. The van der Waals surface area contributed by atoms with Crippen molar-refractivity contribution < 1.29 is 14.2 Å². The number of ether oxygens (including phenoxy) is 3. The fraction of sp³-hybridized carbons (Fsp3) is 0.474. The average molecular weight is 341 g/mol. The second-order valence-corrected chi connectivity index (χ2v) is 6.69. The largest absolute Gasteiger partial charge is 0.487 e. The minimum atomic E-state index is 0.178. The standard InChI is InChI=1S/C19H23N3O3/c1-13-3-5-16(10-20-13)25-17-9-14(2)22(12-17)11-15-4-6-18-19(21-15)24-8-7-23-18/h3-6,10,14,17H,7-9,11-12H2,1-2H3/t14-,17+/m0/s1. The van der Waals surface area contributed by atoms with Crippen LogP contribution in [-0.2, 0) is 6.54 Å². The normalized spacial score (nSPS) is 22.8. The summed E-state index contributed by atoms with van der Waals surface area (Å²) >= 11 is 0. The summed E-state index contributed by atoms with van der Waals surface area (Å²) in [7, 11) is 0. The first-order valence-electron chi connectivity index (χ1n) is 8.76. The van der Waals surface area contributed by atoms with E-state index in [2.05, 4.69) is 21.8 Å². The van der Waals surface area contributed by atoms with E-state index in [-0.39, 0.29) is 6.10 Å². The molecule has 0 N–H and O–H groups in total. The van der Waals surface area contributed by atoms with E-state index >= 15 is 0 Å². The molecule has 132 valence electrons. The van der Waals surface area contributed by atoms with Crippen molar-refractivity contribution in [2.24, 2.45) is 0 Å². The molecule has 2 aliphatic heterocycles. The Morgan fingerprint density at radius 2 is 2.08 bits per heavy atom. The van der Waals surface area contributed by atoms with Crippen molar-refractivity contribution in [3.63, 3.8) is 0 Å². The number of aryl methyl sites for hydroxylation is 1. The van der Waals surface area contributed by atoms with E-state index < -0.39 is 0 Å². The Kier molecular flexibility index (Phi) is 4.44. The SMILES string of the molecule is Cc1ccc(O[C@@H]2C[C@H](C)N(Cc3ccc4c(n3)OCCO4)C2)cn1. The Bertz CT molecular complexity index is 735. The van der Waals surface area contributed by atoms with Gasteiger partial charge in [-0.25, -0.2) is 4.98 Å². The van der Waals surface area contributed by atoms with Gasteiger partial charge >= 0.3 is 0 Å². The van der Waals surface area contributed by atoms with Crippen molar-refractivity contribution in [2.45, 2.75) is 39.0 Å². The zero-order valence-corrected chi connectivity index (χ0v) is 14.6. The molecule has 0 aromatic carbocycles. The summed E-state index contributed by atoms with van der Waals surface area (Å²) in [5.74, 6) is 2.17. The predicted molar refractivity (Wildman–Crippen MR) is 93.1 cm³/mol. The maximum absolute atomic E-state index is 6.09. The molecule has 4 heterocycles. The molecule has 6 nitrogen and oxygen atoms in total. The molecule has 25 heavy (non-hydrogen) atoms. The van der Waals surface area contributed by atoms with Gasteiger partial charge in [0.1, 0.15) is 25.1 Å². The van der Waals surface area contributed by atoms with Crippen molar-refractivity contribution in [2.75, 3.05) is 19.8 Å². The Hall–Kier alpha value is -2.34. The first kappa shape index (κ1) is 16.1. The van der Waals surface area contributed by atoms with E-state index in [0.717, 1.165) is 42.4 Å². The van der Waals surface area contributed by atoms with E-state index in [9.17, 15) is 0 Å². The van der Waals surface area contributed by atoms with Crippen LogP contribution in [0.5, 0.6) is 17.4 Å². The number of hydrogen-bond donors (Lipinski definition) is 0. The summed E-state index contributed by atoms with van der Waals surface area (Å²) in [6, 6.07) is 8.36. The highest BCUT2D eigenvalue weighted by molar-refractivity contribution is 5.35. The lowest BCUT2D eigenvalue weighted by Gasteiger charge is -2.22. The molecule has 4 rings (SSSR count). The zero-order chi connectivity index (χ0) is 17.2. The number of nitrogens with zero attached hydrogens (tertiary/aromatic N) is 3. The van der Waals surface area contributed by atoms with Gasteiger partial charge in [0, 0.05) is 31.2 Å². The first-order chi connectivity index (χ1) is 12.2. The van der Waals surface area contributed by atoms with Crippen LogP contribution in [0.2, 0.25) is 0 Å². The van der Waals surface area contributed by atoms with Gasteiger partial charge in [-0.1, -0.05) is 0 Å². The molecular weight excluding hydrogens is 318 g/mol. The van der Waals surface area contributed by atoms with E-state index in [4.69, 9.17) is 14.2 Å². The number of hydrogen-bond acceptors (Lipinski definition) is 6. The van der Waals surface area contributed by atoms with Crippen LogP contribution < -0.4 is 14.2 Å². The van der Waals surface area contributed by atoms with Gasteiger partial charge in [-0.3, -0.25) is 9.88 Å². The third-order valence-corrected chi connectivity index (χ3v) is 4.68. The molecule has 0 saturated carbocycles. The topological polar surface area (TPSA) is 56.7 Å². The quantitative estimate of drug-likeness (QED) is 0.852. The number of pyridine rings is 2. The van der Waals surface area contributed by atoms with Crippen molar-refractivity contribution in [3.8, 4) is 17.4 Å². The lowest BCUT2D eigenvalue weighted by atomic mass is 10.2. The van der Waals surface area contributed by atoms with Gasteiger partial charge in [0.25, 0.3) is 5.88 Å². The molecule has 1 saturated heterocycles. The summed E-state index contributed by atoms with van der Waals surface area (Å²) in [5, 5.41) is 0. The van der Waals surface area contributed by atoms with Crippen LogP contribution in [0.15, 0.2) is 30.5 Å². The van der Waals surface area contributed by atoms with Gasteiger partial charge in [-0.05, 0) is 38.1 Å². The Labute approximate surface area is 147 Å². The Morgan fingerprint density at radius 3 is 2.92 bits per heavy atom. The molecule has 1 fully saturated rings. The van der Waals surface area contributed by atoms with Gasteiger partial charge in [0.2, 0.25) is 0 Å². The fourth-order valence-corrected chi connectivity index (χ4v) is 3.33. The number of rotatable bonds is 4. The molecule has 2 atom stereocenters. The highest BCUT2D eigenvalue weighted by atomic mass is 16.6. The van der Waals surface area contributed by atoms with Gasteiger partial charge in [0.15, 0.2) is 5.75 Å². The fourth-order valence-electron chi connectivity index (χ4n) is 3.33. The molecule has 0 amide bonds. The van der Waals surface area contributed by atoms with Gasteiger partial charge < -0.3 is 14.2 Å². The third kappa shape index (κ3) is 3.69. The molecule has 2 aromatic heterocycles. The van der Waals surface area contributed by atoms with Crippen LogP contribution in [0.1, 0.15) is 24.7 Å². The van der Waals surface area contributed by atoms with Crippen molar-refractivity contribution in [3.05, 3.63) is 41.9 Å². The first-order valence-corrected chi connectivity index (χ1v) is 8.76. The molecule has 2 aliphatic rings. The monoisotopic (exact) mass is 341 g/mol. The summed E-state index contributed by atoms with van der Waals surface area (Å²) < 4.78 is 17.2. The molecule has 0 spiro atoms. The van der Waals surface area contributed by atoms with Crippen LogP contribution >= 0.6 is 0 Å². The van der Waals surface area contributed by atoms with Crippen molar-refractivity contribution in [1.82, 2.24) is 14.9 Å². The van der Waals surface area contributed by atoms with E-state index in [0.29, 0.717) is 25.1 Å². The molecule has 6 heteroatoms. The second kappa shape index (κ2) is 6.88. The smallest absolute Gasteiger partial charge is 0.257 e. The van der Waals surface area contributed by atoms with E-state index in [1.807, 2.05) is 31.2 Å². The van der Waals surface area contributed by atoms with Crippen LogP contribution in [0.3, 0.4) is 0 Å². The van der Waals surface area contributed by atoms with Crippen LogP contribution in [0, 0.1) is 6.92 Å². The number of aromatic nitrogens is 2. The van der Waals surface area contributed by atoms with Gasteiger partial charge in [0.05, 0.1) is 11.9 Å². The maximum Gasteiger partial charge on any atom is 0.257 e. The van der Waals surface area contributed by atoms with E-state index in [1.54, 1.807) is 6.20 Å². The average Bonchev–Trinajstić information content (AvgIpc) is 2.96. The highest BCUT2D eigenvalue weighted by Gasteiger charge is 2.31. The highest BCUT2D eigenvalue weighted by Crippen LogP contribution is 2.29. The predicted octanol–water partition coefficient (Wildman–Crippen LogP) is 2.60. The summed E-state index contributed by atoms with van der Waals surface area (Å²) in [6.07, 6.45) is 2.97. The third-order valence-electron chi connectivity index (χ3n) is 4.68. The van der Waals surface area contributed by atoms with Crippen molar-refractivity contribution in [1.29, 1.82) is 0 Å². The molecule has 0 aliphatic carbocycles. The minimum Gasteiger partial charge on any atom is -0.487 e. The molecule has 2 aromatic rings. The van der Waals surface area contributed by atoms with Crippen LogP contribution in [0.25, 0.3) is 0 Å². The van der Waals surface area contributed by atoms with E-state index in [1.165, 1.54) is 0 Å². The molecular formula is C19H23N3O3. The Balaban J connectivity index is 1.39. The van der Waals surface area contributed by atoms with Crippen LogP contribution in [-0.4, -0.2) is 46.8 Å². The molecule has 0 unspecified atom stereocenters. The zero-order valence-electron chi connectivity index (χ0n) is 14.6. The summed E-state index contributed by atoms with van der Waals surface area (Å²) in [4.78, 5) is 11.3. The Morgan fingerprint density at radius 1 is 1.20 bits per heavy atom.